The monoisotopic (exact) mass is 320 g/mol. The molecule has 1 amide bonds. The van der Waals surface area contributed by atoms with E-state index in [4.69, 9.17) is 8.94 Å². The zero-order valence-corrected chi connectivity index (χ0v) is 14.3. The molecule has 23 heavy (non-hydrogen) atoms. The van der Waals surface area contributed by atoms with E-state index in [1.807, 2.05) is 27.7 Å². The molecule has 2 atom stereocenters. The summed E-state index contributed by atoms with van der Waals surface area (Å²) in [6.45, 7) is 9.18. The van der Waals surface area contributed by atoms with Gasteiger partial charge in [0, 0.05) is 12.0 Å². The molecule has 6 heteroatoms. The summed E-state index contributed by atoms with van der Waals surface area (Å²) in [5, 5.41) is 17.1. The molecule has 2 N–H and O–H groups in total. The molecular formula is C17H24N2O4. The van der Waals surface area contributed by atoms with E-state index in [9.17, 15) is 9.90 Å². The van der Waals surface area contributed by atoms with Crippen LogP contribution in [0.25, 0.3) is 0 Å². The predicted molar refractivity (Wildman–Crippen MR) is 85.0 cm³/mol. The SMILES string of the molecule is Cc1ccc(C(C)(O)CNC(=O)CC(C)c2c(C)noc2C)o1. The van der Waals surface area contributed by atoms with Crippen LogP contribution in [0, 0.1) is 20.8 Å². The van der Waals surface area contributed by atoms with E-state index in [1.165, 1.54) is 0 Å². The fourth-order valence-corrected chi connectivity index (χ4v) is 2.73. The van der Waals surface area contributed by atoms with Crippen molar-refractivity contribution in [2.24, 2.45) is 0 Å². The minimum Gasteiger partial charge on any atom is -0.463 e. The minimum atomic E-state index is -1.24. The third-order valence-corrected chi connectivity index (χ3v) is 3.97. The molecule has 2 heterocycles. The number of aliphatic hydroxyl groups is 1. The number of furan rings is 1. The predicted octanol–water partition coefficient (Wildman–Crippen LogP) is 2.71. The second-order valence-electron chi connectivity index (χ2n) is 6.30. The van der Waals surface area contributed by atoms with Gasteiger partial charge in [0.05, 0.1) is 12.2 Å². The molecular weight excluding hydrogens is 296 g/mol. The van der Waals surface area contributed by atoms with Gasteiger partial charge in [-0.25, -0.2) is 0 Å². The lowest BCUT2D eigenvalue weighted by atomic mass is 9.95. The average molecular weight is 320 g/mol. The van der Waals surface area contributed by atoms with E-state index in [2.05, 4.69) is 10.5 Å². The highest BCUT2D eigenvalue weighted by molar-refractivity contribution is 5.77. The third kappa shape index (κ3) is 4.01. The van der Waals surface area contributed by atoms with E-state index < -0.39 is 5.60 Å². The normalized spacial score (nSPS) is 15.2. The number of aryl methyl sites for hydroxylation is 3. The molecule has 0 spiro atoms. The zero-order chi connectivity index (χ0) is 17.2. The lowest BCUT2D eigenvalue weighted by Crippen LogP contribution is -2.38. The first-order chi connectivity index (χ1) is 10.7. The molecule has 0 aromatic carbocycles. The van der Waals surface area contributed by atoms with E-state index in [0.717, 1.165) is 22.8 Å². The van der Waals surface area contributed by atoms with Gasteiger partial charge in [-0.05, 0) is 45.7 Å². The second-order valence-corrected chi connectivity index (χ2v) is 6.30. The number of rotatable bonds is 6. The van der Waals surface area contributed by atoms with Crippen LogP contribution >= 0.6 is 0 Å². The first-order valence-electron chi connectivity index (χ1n) is 7.69. The number of carbonyl (C=O) groups is 1. The highest BCUT2D eigenvalue weighted by Crippen LogP contribution is 2.26. The largest absolute Gasteiger partial charge is 0.463 e. The molecule has 2 aromatic rings. The van der Waals surface area contributed by atoms with Crippen LogP contribution < -0.4 is 5.32 Å². The highest BCUT2D eigenvalue weighted by atomic mass is 16.5. The van der Waals surface area contributed by atoms with Crippen LogP contribution in [0.2, 0.25) is 0 Å². The van der Waals surface area contributed by atoms with Crippen molar-refractivity contribution in [1.29, 1.82) is 0 Å². The van der Waals surface area contributed by atoms with E-state index >= 15 is 0 Å². The van der Waals surface area contributed by atoms with Crippen molar-refractivity contribution in [2.45, 2.75) is 52.6 Å². The molecule has 0 aliphatic rings. The van der Waals surface area contributed by atoms with Gasteiger partial charge >= 0.3 is 0 Å². The van der Waals surface area contributed by atoms with Crippen molar-refractivity contribution in [3.8, 4) is 0 Å². The van der Waals surface area contributed by atoms with Crippen LogP contribution in [0.15, 0.2) is 21.1 Å². The quantitative estimate of drug-likeness (QED) is 0.854. The Morgan fingerprint density at radius 3 is 2.61 bits per heavy atom. The Balaban J connectivity index is 1.92. The number of hydrogen-bond donors (Lipinski definition) is 2. The smallest absolute Gasteiger partial charge is 0.220 e. The average Bonchev–Trinajstić information content (AvgIpc) is 3.03. The Kier molecular flexibility index (Phi) is 4.94. The van der Waals surface area contributed by atoms with Crippen molar-refractivity contribution in [3.63, 3.8) is 0 Å². The number of hydrogen-bond acceptors (Lipinski definition) is 5. The molecule has 0 saturated carbocycles. The summed E-state index contributed by atoms with van der Waals surface area (Å²) in [7, 11) is 0. The number of amides is 1. The Morgan fingerprint density at radius 1 is 1.39 bits per heavy atom. The van der Waals surface area contributed by atoms with Gasteiger partial charge in [-0.3, -0.25) is 4.79 Å². The van der Waals surface area contributed by atoms with Gasteiger partial charge in [-0.2, -0.15) is 0 Å². The molecule has 2 unspecified atom stereocenters. The van der Waals surface area contributed by atoms with Crippen molar-refractivity contribution in [2.75, 3.05) is 6.54 Å². The fraction of sp³-hybridized carbons (Fsp3) is 0.529. The van der Waals surface area contributed by atoms with Gasteiger partial charge in [0.25, 0.3) is 0 Å². The Bertz CT molecular complexity index is 665. The number of carbonyl (C=O) groups excluding carboxylic acids is 1. The summed E-state index contributed by atoms with van der Waals surface area (Å²) in [5.41, 5.74) is 0.533. The summed E-state index contributed by atoms with van der Waals surface area (Å²) in [4.78, 5) is 12.2. The Labute approximate surface area is 135 Å². The number of aromatic nitrogens is 1. The van der Waals surface area contributed by atoms with E-state index in [0.29, 0.717) is 12.2 Å². The van der Waals surface area contributed by atoms with E-state index in [-0.39, 0.29) is 18.4 Å². The lowest BCUT2D eigenvalue weighted by Gasteiger charge is -2.22. The van der Waals surface area contributed by atoms with Crippen molar-refractivity contribution < 1.29 is 18.8 Å². The van der Waals surface area contributed by atoms with Gasteiger partial charge < -0.3 is 19.4 Å². The van der Waals surface area contributed by atoms with Gasteiger partial charge in [-0.15, -0.1) is 0 Å². The van der Waals surface area contributed by atoms with Gasteiger partial charge in [0.15, 0.2) is 0 Å². The molecule has 126 valence electrons. The Morgan fingerprint density at radius 2 is 2.09 bits per heavy atom. The van der Waals surface area contributed by atoms with Crippen LogP contribution in [-0.4, -0.2) is 22.7 Å². The Hall–Kier alpha value is -2.08. The summed E-state index contributed by atoms with van der Waals surface area (Å²) < 4.78 is 10.6. The molecule has 2 rings (SSSR count). The van der Waals surface area contributed by atoms with Crippen LogP contribution in [0.4, 0.5) is 0 Å². The van der Waals surface area contributed by atoms with E-state index in [1.54, 1.807) is 19.1 Å². The van der Waals surface area contributed by atoms with Gasteiger partial charge in [-0.1, -0.05) is 12.1 Å². The number of nitrogens with one attached hydrogen (secondary N) is 1. The zero-order valence-electron chi connectivity index (χ0n) is 14.3. The molecule has 0 aliphatic heterocycles. The fourth-order valence-electron chi connectivity index (χ4n) is 2.73. The van der Waals surface area contributed by atoms with Crippen molar-refractivity contribution in [3.05, 3.63) is 40.7 Å². The molecule has 2 aromatic heterocycles. The topological polar surface area (TPSA) is 88.5 Å². The van der Waals surface area contributed by atoms with Crippen LogP contribution in [0.5, 0.6) is 0 Å². The third-order valence-electron chi connectivity index (χ3n) is 3.97. The first kappa shape index (κ1) is 17.3. The minimum absolute atomic E-state index is 0.00273. The maximum atomic E-state index is 12.2. The summed E-state index contributed by atoms with van der Waals surface area (Å²) in [6.07, 6.45) is 0.302. The molecule has 0 fully saturated rings. The van der Waals surface area contributed by atoms with Gasteiger partial charge in [0.1, 0.15) is 22.9 Å². The standard InChI is InChI=1S/C17H24N2O4/c1-10(16-12(3)19-23-13(16)4)8-15(20)18-9-17(5,21)14-7-6-11(2)22-14/h6-7,10,21H,8-9H2,1-5H3,(H,18,20). The van der Waals surface area contributed by atoms with Crippen LogP contribution in [-0.2, 0) is 10.4 Å². The van der Waals surface area contributed by atoms with Gasteiger partial charge in [0.2, 0.25) is 5.91 Å². The summed E-state index contributed by atoms with van der Waals surface area (Å²) in [5.74, 6) is 1.76. The maximum absolute atomic E-state index is 12.2. The molecule has 0 saturated heterocycles. The molecule has 0 radical (unpaired) electrons. The highest BCUT2D eigenvalue weighted by Gasteiger charge is 2.28. The first-order valence-corrected chi connectivity index (χ1v) is 7.69. The van der Waals surface area contributed by atoms with Crippen LogP contribution in [0.3, 0.4) is 0 Å². The van der Waals surface area contributed by atoms with Crippen molar-refractivity contribution >= 4 is 5.91 Å². The molecule has 0 bridgehead atoms. The van der Waals surface area contributed by atoms with Crippen LogP contribution in [0.1, 0.15) is 54.7 Å². The summed E-state index contributed by atoms with van der Waals surface area (Å²) >= 11 is 0. The second kappa shape index (κ2) is 6.58. The van der Waals surface area contributed by atoms with Crippen molar-refractivity contribution in [1.82, 2.24) is 10.5 Å². The lowest BCUT2D eigenvalue weighted by molar-refractivity contribution is -0.122. The summed E-state index contributed by atoms with van der Waals surface area (Å²) in [6, 6.07) is 3.50. The molecule has 6 nitrogen and oxygen atoms in total. The molecule has 0 aliphatic carbocycles. The number of nitrogens with zero attached hydrogens (tertiary/aromatic N) is 1. The maximum Gasteiger partial charge on any atom is 0.220 e.